The second-order valence-electron chi connectivity index (χ2n) is 6.43. The van der Waals surface area contributed by atoms with Crippen LogP contribution in [0.25, 0.3) is 0 Å². The van der Waals surface area contributed by atoms with Crippen LogP contribution < -0.4 is 10.2 Å². The van der Waals surface area contributed by atoms with Crippen LogP contribution in [-0.4, -0.2) is 32.6 Å². The number of carbonyl (C=O) groups is 1. The summed E-state index contributed by atoms with van der Waals surface area (Å²) in [6.07, 6.45) is -1.38. The number of rotatable bonds is 4. The molecular weight excluding hydrogens is 405 g/mol. The van der Waals surface area contributed by atoms with Crippen LogP contribution in [0.2, 0.25) is 0 Å². The summed E-state index contributed by atoms with van der Waals surface area (Å²) in [6, 6.07) is 4.31. The molecule has 3 aromatic heterocycles. The monoisotopic (exact) mass is 420 g/mol. The quantitative estimate of drug-likeness (QED) is 0.699. The first-order valence-electron chi connectivity index (χ1n) is 8.69. The predicted molar refractivity (Wildman–Crippen MR) is 99.3 cm³/mol. The van der Waals surface area contributed by atoms with Crippen molar-refractivity contribution in [3.05, 3.63) is 63.5 Å². The van der Waals surface area contributed by atoms with Gasteiger partial charge in [-0.15, -0.1) is 21.5 Å². The zero-order chi connectivity index (χ0) is 20.4. The summed E-state index contributed by atoms with van der Waals surface area (Å²) in [7, 11) is 0. The molecule has 0 saturated heterocycles. The summed E-state index contributed by atoms with van der Waals surface area (Å²) >= 11 is 1.43. The Bertz CT molecular complexity index is 1010. The summed E-state index contributed by atoms with van der Waals surface area (Å²) in [6.45, 7) is 1.15. The highest BCUT2D eigenvalue weighted by molar-refractivity contribution is 7.09. The lowest BCUT2D eigenvalue weighted by molar-refractivity contribution is -0.137. The Balaban J connectivity index is 1.44. The van der Waals surface area contributed by atoms with Gasteiger partial charge in [0.25, 0.3) is 5.91 Å². The van der Waals surface area contributed by atoms with Crippen molar-refractivity contribution in [1.82, 2.24) is 25.5 Å². The van der Waals surface area contributed by atoms with E-state index in [1.54, 1.807) is 23.8 Å². The molecule has 0 atom stereocenters. The standard InChI is InChI=1S/C18H15F3N6OS/c19-18(20,21)12-5-11-9-27(4-3-14(11)23-6-12)16-2-1-15(25-26-16)17(28)24-8-13-7-22-10-29-13/h1-2,5-7,10H,3-4,8-9H2,(H,24,28). The van der Waals surface area contributed by atoms with Gasteiger partial charge >= 0.3 is 6.18 Å². The lowest BCUT2D eigenvalue weighted by atomic mass is 10.0. The van der Waals surface area contributed by atoms with E-state index in [4.69, 9.17) is 0 Å². The third-order valence-electron chi connectivity index (χ3n) is 4.48. The molecule has 0 spiro atoms. The number of alkyl halides is 3. The molecule has 4 heterocycles. The number of aromatic nitrogens is 4. The Kier molecular flexibility index (Phi) is 5.14. The molecule has 0 bridgehead atoms. The van der Waals surface area contributed by atoms with Gasteiger partial charge in [0.2, 0.25) is 0 Å². The minimum atomic E-state index is -4.43. The topological polar surface area (TPSA) is 83.9 Å². The van der Waals surface area contributed by atoms with E-state index < -0.39 is 11.7 Å². The molecule has 3 aromatic rings. The molecule has 0 unspecified atom stereocenters. The molecule has 0 aromatic carbocycles. The Labute approximate surface area is 167 Å². The van der Waals surface area contributed by atoms with E-state index in [2.05, 4.69) is 25.5 Å². The average Bonchev–Trinajstić information content (AvgIpc) is 3.24. The zero-order valence-electron chi connectivity index (χ0n) is 15.0. The number of nitrogens with zero attached hydrogens (tertiary/aromatic N) is 5. The van der Waals surface area contributed by atoms with Crippen molar-refractivity contribution in [2.24, 2.45) is 0 Å². The number of halogens is 3. The van der Waals surface area contributed by atoms with Crippen molar-refractivity contribution >= 4 is 23.1 Å². The van der Waals surface area contributed by atoms with Crippen molar-refractivity contribution in [3.63, 3.8) is 0 Å². The molecule has 1 N–H and O–H groups in total. The average molecular weight is 420 g/mol. The van der Waals surface area contributed by atoms with Gasteiger partial charge in [0.15, 0.2) is 11.5 Å². The van der Waals surface area contributed by atoms with Gasteiger partial charge in [0.1, 0.15) is 0 Å². The summed E-state index contributed by atoms with van der Waals surface area (Å²) in [5.41, 5.74) is 2.24. The van der Waals surface area contributed by atoms with Gasteiger partial charge in [-0.25, -0.2) is 0 Å². The highest BCUT2D eigenvalue weighted by atomic mass is 32.1. The largest absolute Gasteiger partial charge is 0.417 e. The molecule has 1 amide bonds. The number of carbonyl (C=O) groups excluding carboxylic acids is 1. The Hall–Kier alpha value is -3.08. The fraction of sp³-hybridized carbons (Fsp3) is 0.278. The van der Waals surface area contributed by atoms with Crippen LogP contribution in [0.4, 0.5) is 19.0 Å². The van der Waals surface area contributed by atoms with Crippen molar-refractivity contribution in [2.45, 2.75) is 25.7 Å². The number of hydrogen-bond acceptors (Lipinski definition) is 7. The fourth-order valence-electron chi connectivity index (χ4n) is 2.98. The van der Waals surface area contributed by atoms with Gasteiger partial charge < -0.3 is 10.2 Å². The first-order chi connectivity index (χ1) is 13.9. The minimum Gasteiger partial charge on any atom is -0.350 e. The Morgan fingerprint density at radius 1 is 1.24 bits per heavy atom. The number of pyridine rings is 1. The molecule has 150 valence electrons. The first-order valence-corrected chi connectivity index (χ1v) is 9.57. The number of thiazole rings is 1. The van der Waals surface area contributed by atoms with E-state index in [-0.39, 0.29) is 18.1 Å². The summed E-state index contributed by atoms with van der Waals surface area (Å²) < 4.78 is 38.8. The number of fused-ring (bicyclic) bond motifs is 1. The third kappa shape index (κ3) is 4.34. The van der Waals surface area contributed by atoms with Crippen molar-refractivity contribution in [3.8, 4) is 0 Å². The molecule has 4 rings (SSSR count). The predicted octanol–water partition coefficient (Wildman–Crippen LogP) is 2.84. The van der Waals surface area contributed by atoms with E-state index in [9.17, 15) is 18.0 Å². The molecule has 0 aliphatic carbocycles. The number of nitrogens with one attached hydrogen (secondary N) is 1. The lowest BCUT2D eigenvalue weighted by Crippen LogP contribution is -2.32. The van der Waals surface area contributed by atoms with Gasteiger partial charge in [0, 0.05) is 42.5 Å². The van der Waals surface area contributed by atoms with E-state index in [0.29, 0.717) is 36.6 Å². The molecular formula is C18H15F3N6OS. The van der Waals surface area contributed by atoms with Crippen LogP contribution in [0.1, 0.15) is 32.2 Å². The third-order valence-corrected chi connectivity index (χ3v) is 5.26. The molecule has 1 aliphatic rings. The van der Waals surface area contributed by atoms with Crippen LogP contribution in [0, 0.1) is 0 Å². The van der Waals surface area contributed by atoms with Gasteiger partial charge in [-0.2, -0.15) is 13.2 Å². The van der Waals surface area contributed by atoms with E-state index in [1.165, 1.54) is 11.3 Å². The molecule has 11 heteroatoms. The number of hydrogen-bond donors (Lipinski definition) is 1. The fourth-order valence-corrected chi connectivity index (χ4v) is 3.51. The molecule has 29 heavy (non-hydrogen) atoms. The molecule has 0 radical (unpaired) electrons. The van der Waals surface area contributed by atoms with Crippen molar-refractivity contribution in [2.75, 3.05) is 11.4 Å². The van der Waals surface area contributed by atoms with Crippen LogP contribution in [0.3, 0.4) is 0 Å². The van der Waals surface area contributed by atoms with Crippen LogP contribution in [0.15, 0.2) is 36.1 Å². The smallest absolute Gasteiger partial charge is 0.350 e. The summed E-state index contributed by atoms with van der Waals surface area (Å²) in [5.74, 6) is 0.132. The number of amides is 1. The van der Waals surface area contributed by atoms with Gasteiger partial charge in [-0.1, -0.05) is 0 Å². The Morgan fingerprint density at radius 2 is 2.10 bits per heavy atom. The van der Waals surface area contributed by atoms with Crippen LogP contribution >= 0.6 is 11.3 Å². The first kappa shape index (κ1) is 19.2. The summed E-state index contributed by atoms with van der Waals surface area (Å²) in [5, 5.41) is 10.8. The molecule has 0 saturated carbocycles. The minimum absolute atomic E-state index is 0.164. The maximum atomic E-state index is 12.9. The van der Waals surface area contributed by atoms with E-state index >= 15 is 0 Å². The van der Waals surface area contributed by atoms with E-state index in [0.717, 1.165) is 17.1 Å². The molecule has 0 fully saturated rings. The maximum absolute atomic E-state index is 12.9. The zero-order valence-corrected chi connectivity index (χ0v) is 15.8. The highest BCUT2D eigenvalue weighted by Gasteiger charge is 2.32. The second-order valence-corrected chi connectivity index (χ2v) is 7.40. The van der Waals surface area contributed by atoms with E-state index in [1.807, 2.05) is 4.90 Å². The summed E-state index contributed by atoms with van der Waals surface area (Å²) in [4.78, 5) is 22.8. The highest BCUT2D eigenvalue weighted by Crippen LogP contribution is 2.31. The normalized spacial score (nSPS) is 13.8. The Morgan fingerprint density at radius 3 is 2.79 bits per heavy atom. The van der Waals surface area contributed by atoms with Crippen molar-refractivity contribution < 1.29 is 18.0 Å². The maximum Gasteiger partial charge on any atom is 0.417 e. The van der Waals surface area contributed by atoms with Gasteiger partial charge in [-0.3, -0.25) is 14.8 Å². The SMILES string of the molecule is O=C(NCc1cncs1)c1ccc(N2CCc3ncc(C(F)(F)F)cc3C2)nn1. The molecule has 1 aliphatic heterocycles. The van der Waals surface area contributed by atoms with Gasteiger partial charge in [0.05, 0.1) is 17.6 Å². The lowest BCUT2D eigenvalue weighted by Gasteiger charge is -2.29. The number of anilines is 1. The van der Waals surface area contributed by atoms with Gasteiger partial charge in [-0.05, 0) is 23.8 Å². The van der Waals surface area contributed by atoms with Crippen molar-refractivity contribution in [1.29, 1.82) is 0 Å². The van der Waals surface area contributed by atoms with Crippen LogP contribution in [-0.2, 0) is 25.7 Å². The van der Waals surface area contributed by atoms with Crippen LogP contribution in [0.5, 0.6) is 0 Å². The second kappa shape index (κ2) is 7.74. The molecule has 7 nitrogen and oxygen atoms in total.